The van der Waals surface area contributed by atoms with Crippen molar-refractivity contribution in [1.29, 1.82) is 0 Å². The van der Waals surface area contributed by atoms with Crippen molar-refractivity contribution in [2.75, 3.05) is 5.32 Å². The highest BCUT2D eigenvalue weighted by atomic mass is 32.1. The van der Waals surface area contributed by atoms with E-state index >= 15 is 0 Å². The molecule has 0 saturated heterocycles. The monoisotopic (exact) mass is 236 g/mol. The van der Waals surface area contributed by atoms with Gasteiger partial charge in [-0.05, 0) is 24.5 Å². The van der Waals surface area contributed by atoms with E-state index in [1.807, 2.05) is 18.3 Å². The Hall–Kier alpha value is -1.29. The normalized spacial score (nSPS) is 10.9. The Labute approximate surface area is 99.5 Å². The second kappa shape index (κ2) is 5.16. The molecule has 0 aromatic carbocycles. The van der Waals surface area contributed by atoms with Crippen LogP contribution in [0.15, 0.2) is 29.0 Å². The number of nitrogens with one attached hydrogen (secondary N) is 1. The molecule has 0 radical (unpaired) electrons. The van der Waals surface area contributed by atoms with Gasteiger partial charge in [-0.2, -0.15) is 0 Å². The Morgan fingerprint density at radius 1 is 1.50 bits per heavy atom. The molecule has 2 heterocycles. The van der Waals surface area contributed by atoms with Crippen molar-refractivity contribution >= 4 is 16.5 Å². The van der Waals surface area contributed by atoms with Gasteiger partial charge in [-0.1, -0.05) is 13.8 Å². The third-order valence-electron chi connectivity index (χ3n) is 2.16. The summed E-state index contributed by atoms with van der Waals surface area (Å²) in [4.78, 5) is 5.66. The lowest BCUT2D eigenvalue weighted by molar-refractivity contribution is 0.518. The minimum absolute atomic E-state index is 0.679. The van der Waals surface area contributed by atoms with Gasteiger partial charge in [0, 0.05) is 11.1 Å². The Bertz CT molecular complexity index is 420. The van der Waals surface area contributed by atoms with Gasteiger partial charge in [0.2, 0.25) is 0 Å². The molecule has 0 spiro atoms. The van der Waals surface area contributed by atoms with Crippen LogP contribution in [-0.4, -0.2) is 4.98 Å². The minimum atomic E-state index is 0.679. The van der Waals surface area contributed by atoms with Crippen molar-refractivity contribution in [2.45, 2.75) is 26.8 Å². The lowest BCUT2D eigenvalue weighted by Gasteiger charge is -2.00. The Morgan fingerprint density at radius 3 is 3.06 bits per heavy atom. The van der Waals surface area contributed by atoms with E-state index < -0.39 is 0 Å². The Kier molecular flexibility index (Phi) is 3.62. The van der Waals surface area contributed by atoms with Gasteiger partial charge in [-0.25, -0.2) is 4.98 Å². The fourth-order valence-electron chi connectivity index (χ4n) is 1.46. The summed E-state index contributed by atoms with van der Waals surface area (Å²) in [6.45, 7) is 5.13. The zero-order chi connectivity index (χ0) is 11.4. The molecule has 0 bridgehead atoms. The lowest BCUT2D eigenvalue weighted by atomic mass is 10.1. The zero-order valence-electron chi connectivity index (χ0n) is 9.56. The third-order valence-corrected chi connectivity index (χ3v) is 3.13. The van der Waals surface area contributed by atoms with Crippen molar-refractivity contribution in [3.05, 3.63) is 35.2 Å². The van der Waals surface area contributed by atoms with E-state index in [2.05, 4.69) is 24.1 Å². The zero-order valence-corrected chi connectivity index (χ0v) is 10.4. The van der Waals surface area contributed by atoms with Crippen LogP contribution in [0.2, 0.25) is 0 Å². The molecule has 0 aliphatic carbocycles. The summed E-state index contributed by atoms with van der Waals surface area (Å²) >= 11 is 1.72. The van der Waals surface area contributed by atoms with E-state index in [1.54, 1.807) is 17.6 Å². The number of hydrogen-bond donors (Lipinski definition) is 1. The average Bonchev–Trinajstić information content (AvgIpc) is 2.84. The summed E-state index contributed by atoms with van der Waals surface area (Å²) < 4.78 is 5.24. The summed E-state index contributed by atoms with van der Waals surface area (Å²) in [5, 5.41) is 4.22. The lowest BCUT2D eigenvalue weighted by Crippen LogP contribution is -1.96. The molecule has 4 heteroatoms. The van der Waals surface area contributed by atoms with E-state index in [0.29, 0.717) is 12.5 Å². The van der Waals surface area contributed by atoms with Gasteiger partial charge >= 0.3 is 0 Å². The summed E-state index contributed by atoms with van der Waals surface area (Å²) in [5.74, 6) is 1.61. The van der Waals surface area contributed by atoms with Crippen LogP contribution in [0.4, 0.5) is 5.13 Å². The molecule has 0 aliphatic heterocycles. The Morgan fingerprint density at radius 2 is 2.38 bits per heavy atom. The van der Waals surface area contributed by atoms with Gasteiger partial charge < -0.3 is 9.73 Å². The van der Waals surface area contributed by atoms with Gasteiger partial charge in [0.05, 0.1) is 12.8 Å². The summed E-state index contributed by atoms with van der Waals surface area (Å²) in [6, 6.07) is 3.85. The van der Waals surface area contributed by atoms with Crippen molar-refractivity contribution in [3.8, 4) is 0 Å². The standard InChI is InChI=1S/C12H16N2OS/c1-9(2)6-11-8-14-12(16-11)13-7-10-4-3-5-15-10/h3-5,8-9H,6-7H2,1-2H3,(H,13,14). The summed E-state index contributed by atoms with van der Waals surface area (Å²) in [6.07, 6.45) is 4.73. The minimum Gasteiger partial charge on any atom is -0.467 e. The molecule has 3 nitrogen and oxygen atoms in total. The van der Waals surface area contributed by atoms with Gasteiger partial charge in [0.15, 0.2) is 5.13 Å². The van der Waals surface area contributed by atoms with Crippen molar-refractivity contribution in [3.63, 3.8) is 0 Å². The highest BCUT2D eigenvalue weighted by Crippen LogP contribution is 2.21. The number of hydrogen-bond acceptors (Lipinski definition) is 4. The first kappa shape index (κ1) is 11.2. The first-order chi connectivity index (χ1) is 7.74. The number of anilines is 1. The van der Waals surface area contributed by atoms with E-state index in [-0.39, 0.29) is 0 Å². The molecule has 2 aromatic rings. The predicted octanol–water partition coefficient (Wildman–Crippen LogP) is 3.55. The SMILES string of the molecule is CC(C)Cc1cnc(NCc2ccco2)s1. The van der Waals surface area contributed by atoms with E-state index in [9.17, 15) is 0 Å². The van der Waals surface area contributed by atoms with Crippen LogP contribution in [-0.2, 0) is 13.0 Å². The second-order valence-electron chi connectivity index (χ2n) is 4.16. The van der Waals surface area contributed by atoms with Crippen molar-refractivity contribution in [2.24, 2.45) is 5.92 Å². The summed E-state index contributed by atoms with van der Waals surface area (Å²) in [5.41, 5.74) is 0. The predicted molar refractivity (Wildman–Crippen MR) is 66.7 cm³/mol. The molecule has 0 fully saturated rings. The van der Waals surface area contributed by atoms with Crippen LogP contribution in [0, 0.1) is 5.92 Å². The maximum Gasteiger partial charge on any atom is 0.183 e. The third kappa shape index (κ3) is 3.10. The van der Waals surface area contributed by atoms with Gasteiger partial charge in [0.25, 0.3) is 0 Å². The van der Waals surface area contributed by atoms with Crippen molar-refractivity contribution < 1.29 is 4.42 Å². The molecule has 2 aromatic heterocycles. The van der Waals surface area contributed by atoms with E-state index in [1.165, 1.54) is 4.88 Å². The van der Waals surface area contributed by atoms with Crippen LogP contribution < -0.4 is 5.32 Å². The first-order valence-corrected chi connectivity index (χ1v) is 6.26. The molecule has 86 valence electrons. The molecule has 0 atom stereocenters. The molecule has 0 amide bonds. The fourth-order valence-corrected chi connectivity index (χ4v) is 2.48. The number of nitrogens with zero attached hydrogens (tertiary/aromatic N) is 1. The summed E-state index contributed by atoms with van der Waals surface area (Å²) in [7, 11) is 0. The van der Waals surface area contributed by atoms with Crippen LogP contribution in [0.25, 0.3) is 0 Å². The quantitative estimate of drug-likeness (QED) is 0.862. The van der Waals surface area contributed by atoms with Crippen molar-refractivity contribution in [1.82, 2.24) is 4.98 Å². The molecular formula is C12H16N2OS. The molecule has 0 saturated carbocycles. The Balaban J connectivity index is 1.88. The maximum absolute atomic E-state index is 5.24. The van der Waals surface area contributed by atoms with Crippen LogP contribution in [0.5, 0.6) is 0 Å². The maximum atomic E-state index is 5.24. The average molecular weight is 236 g/mol. The van der Waals surface area contributed by atoms with E-state index in [4.69, 9.17) is 4.42 Å². The second-order valence-corrected chi connectivity index (χ2v) is 5.28. The molecule has 16 heavy (non-hydrogen) atoms. The smallest absolute Gasteiger partial charge is 0.183 e. The van der Waals surface area contributed by atoms with Crippen LogP contribution >= 0.6 is 11.3 Å². The highest BCUT2D eigenvalue weighted by molar-refractivity contribution is 7.15. The van der Waals surface area contributed by atoms with Gasteiger partial charge in [-0.3, -0.25) is 0 Å². The molecule has 0 aliphatic rings. The molecule has 1 N–H and O–H groups in total. The topological polar surface area (TPSA) is 38.1 Å². The number of rotatable bonds is 5. The number of furan rings is 1. The molecule has 2 rings (SSSR count). The number of aromatic nitrogens is 1. The largest absolute Gasteiger partial charge is 0.467 e. The van der Waals surface area contributed by atoms with E-state index in [0.717, 1.165) is 17.3 Å². The van der Waals surface area contributed by atoms with Gasteiger partial charge in [-0.15, -0.1) is 11.3 Å². The first-order valence-electron chi connectivity index (χ1n) is 5.45. The van der Waals surface area contributed by atoms with Gasteiger partial charge in [0.1, 0.15) is 5.76 Å². The molecular weight excluding hydrogens is 220 g/mol. The van der Waals surface area contributed by atoms with Crippen LogP contribution in [0.3, 0.4) is 0 Å². The molecule has 0 unspecified atom stereocenters. The van der Waals surface area contributed by atoms with Crippen LogP contribution in [0.1, 0.15) is 24.5 Å². The fraction of sp³-hybridized carbons (Fsp3) is 0.417. The highest BCUT2D eigenvalue weighted by Gasteiger charge is 2.04. The number of thiazole rings is 1.